The molecule has 0 bridgehead atoms. The minimum Gasteiger partial charge on any atom is -0.309 e. The largest absolute Gasteiger partial charge is 0.309 e. The van der Waals surface area contributed by atoms with Crippen molar-refractivity contribution in [1.82, 2.24) is 24.1 Å². The first-order valence-electron chi connectivity index (χ1n) is 28.6. The van der Waals surface area contributed by atoms with Crippen molar-refractivity contribution in [3.05, 3.63) is 301 Å². The molecule has 0 saturated heterocycles. The van der Waals surface area contributed by atoms with E-state index in [4.69, 9.17) is 15.0 Å². The van der Waals surface area contributed by atoms with E-state index in [9.17, 15) is 10.5 Å². The molecule has 3 heterocycles. The summed E-state index contributed by atoms with van der Waals surface area (Å²) in [5, 5.41) is 24.0. The zero-order valence-corrected chi connectivity index (χ0v) is 46.4. The summed E-state index contributed by atoms with van der Waals surface area (Å²) in [7, 11) is 0. The van der Waals surface area contributed by atoms with E-state index in [-0.39, 0.29) is 5.41 Å². The number of hydrogen-bond donors (Lipinski definition) is 0. The lowest BCUT2D eigenvalue weighted by Gasteiger charge is -2.30. The Morgan fingerprint density at radius 1 is 0.365 bits per heavy atom. The third-order valence-electron chi connectivity index (χ3n) is 16.9. The number of benzene rings is 11. The Bertz CT molecular complexity index is 4930. The maximum absolute atomic E-state index is 10.8. The number of rotatable bonds is 10. The standard InChI is InChI=1S/C78H51N7/c1-78(62-25-15-6-16-26-62)42-41-74-68(48-78)65-46-60(55-21-11-4-12-22-55)34-39-71(65)85(74)73-40-35-61(56-30-27-51(49-79)28-31-56)47-67(73)77-82-75(57-23-13-5-14-24-57)81-76(83-77)66-43-52(50-80)29-36-72(66)84-69-37-32-58(53-17-7-2-8-18-53)44-63(69)64-45-59(33-38-70(64)84)54-19-9-3-10-20-54/h2-47H,48H2,1H3. The molecule has 0 aliphatic heterocycles. The van der Waals surface area contributed by atoms with Gasteiger partial charge in [-0.1, -0.05) is 201 Å². The second-order valence-electron chi connectivity index (χ2n) is 22.1. The van der Waals surface area contributed by atoms with E-state index >= 15 is 0 Å². The maximum Gasteiger partial charge on any atom is 0.166 e. The van der Waals surface area contributed by atoms with Gasteiger partial charge in [-0.05, 0) is 147 Å². The van der Waals surface area contributed by atoms with Crippen LogP contribution < -0.4 is 0 Å². The first-order chi connectivity index (χ1) is 41.9. The van der Waals surface area contributed by atoms with E-state index in [1.807, 2.05) is 84.9 Å². The number of nitrogens with zero attached hydrogens (tertiary/aromatic N) is 7. The summed E-state index contributed by atoms with van der Waals surface area (Å²) in [4.78, 5) is 16.5. The number of nitriles is 2. The second kappa shape index (κ2) is 20.8. The van der Waals surface area contributed by atoms with Crippen molar-refractivity contribution in [2.24, 2.45) is 0 Å². The van der Waals surface area contributed by atoms with Crippen LogP contribution in [-0.4, -0.2) is 24.1 Å². The van der Waals surface area contributed by atoms with Crippen LogP contribution in [0.1, 0.15) is 34.9 Å². The summed E-state index contributed by atoms with van der Waals surface area (Å²) in [6.45, 7) is 2.33. The van der Waals surface area contributed by atoms with E-state index in [0.29, 0.717) is 34.2 Å². The topological polar surface area (TPSA) is 96.1 Å². The summed E-state index contributed by atoms with van der Waals surface area (Å²) >= 11 is 0. The summed E-state index contributed by atoms with van der Waals surface area (Å²) in [5.41, 5.74) is 20.0. The molecule has 0 fully saturated rings. The van der Waals surface area contributed by atoms with Gasteiger partial charge in [0.25, 0.3) is 0 Å². The number of aromatic nitrogens is 5. The average Bonchev–Trinajstić information content (AvgIpc) is 2.02. The van der Waals surface area contributed by atoms with Crippen LogP contribution in [0.5, 0.6) is 0 Å². The van der Waals surface area contributed by atoms with Gasteiger partial charge in [0.1, 0.15) is 0 Å². The highest BCUT2D eigenvalue weighted by molar-refractivity contribution is 6.12. The highest BCUT2D eigenvalue weighted by atomic mass is 15.1. The molecule has 1 atom stereocenters. The maximum atomic E-state index is 10.8. The molecule has 3 aromatic heterocycles. The minimum atomic E-state index is -0.271. The monoisotopic (exact) mass is 1090 g/mol. The predicted octanol–water partition coefficient (Wildman–Crippen LogP) is 18.9. The third kappa shape index (κ3) is 8.96. The fourth-order valence-corrected chi connectivity index (χ4v) is 12.6. The lowest BCUT2D eigenvalue weighted by molar-refractivity contribution is 0.588. The highest BCUT2D eigenvalue weighted by Crippen LogP contribution is 2.46. The van der Waals surface area contributed by atoms with Crippen molar-refractivity contribution in [1.29, 1.82) is 10.5 Å². The molecule has 398 valence electrons. The van der Waals surface area contributed by atoms with E-state index in [1.165, 1.54) is 16.5 Å². The molecular weight excluding hydrogens is 1030 g/mol. The third-order valence-corrected chi connectivity index (χ3v) is 16.9. The zero-order valence-electron chi connectivity index (χ0n) is 46.4. The number of allylic oxidation sites excluding steroid dienone is 1. The second-order valence-corrected chi connectivity index (χ2v) is 22.1. The zero-order chi connectivity index (χ0) is 57.0. The van der Waals surface area contributed by atoms with Crippen molar-refractivity contribution in [2.75, 3.05) is 0 Å². The molecule has 15 rings (SSSR count). The molecule has 1 aliphatic carbocycles. The molecule has 85 heavy (non-hydrogen) atoms. The molecule has 0 radical (unpaired) electrons. The SMILES string of the molecule is CC1(c2ccccc2)C=Cc2c(c3cc(-c4ccccc4)ccc3n2-c2ccc(-c3ccc(C#N)cc3)cc2-c2nc(-c3ccccc3)nc(-c3cc(C#N)ccc3-n3c4ccc(-c5ccccc5)cc4c4cc(-c5ccccc5)ccc43)n2)C1. The fourth-order valence-electron chi connectivity index (χ4n) is 12.6. The van der Waals surface area contributed by atoms with Gasteiger partial charge in [0, 0.05) is 44.0 Å². The van der Waals surface area contributed by atoms with Crippen molar-refractivity contribution in [2.45, 2.75) is 18.8 Å². The van der Waals surface area contributed by atoms with Crippen LogP contribution in [0.3, 0.4) is 0 Å². The summed E-state index contributed by atoms with van der Waals surface area (Å²) in [6, 6.07) is 97.4. The lowest BCUT2D eigenvalue weighted by Crippen LogP contribution is -2.25. The van der Waals surface area contributed by atoms with Gasteiger partial charge < -0.3 is 9.13 Å². The Morgan fingerprint density at radius 2 is 0.765 bits per heavy atom. The van der Waals surface area contributed by atoms with Crippen LogP contribution in [-0.2, 0) is 11.8 Å². The van der Waals surface area contributed by atoms with E-state index in [1.54, 1.807) is 0 Å². The van der Waals surface area contributed by atoms with Gasteiger partial charge in [0.05, 0.1) is 51.2 Å². The molecular formula is C78H51N7. The normalized spacial score (nSPS) is 13.6. The van der Waals surface area contributed by atoms with Crippen LogP contribution in [0.25, 0.3) is 129 Å². The van der Waals surface area contributed by atoms with E-state index < -0.39 is 0 Å². The number of hydrogen-bond acceptors (Lipinski definition) is 5. The Kier molecular flexibility index (Phi) is 12.3. The molecule has 1 unspecified atom stereocenters. The van der Waals surface area contributed by atoms with Crippen LogP contribution in [0.15, 0.2) is 273 Å². The molecule has 14 aromatic rings. The van der Waals surface area contributed by atoms with Gasteiger partial charge in [-0.3, -0.25) is 0 Å². The molecule has 11 aromatic carbocycles. The van der Waals surface area contributed by atoms with Crippen LogP contribution >= 0.6 is 0 Å². The fraction of sp³-hybridized carbons (Fsp3) is 0.0385. The molecule has 7 nitrogen and oxygen atoms in total. The first kappa shape index (κ1) is 50.5. The molecule has 0 amide bonds. The summed E-state index contributed by atoms with van der Waals surface area (Å²) < 4.78 is 4.68. The van der Waals surface area contributed by atoms with E-state index in [0.717, 1.165) is 106 Å². The average molecular weight is 1090 g/mol. The van der Waals surface area contributed by atoms with Crippen LogP contribution in [0.2, 0.25) is 0 Å². The summed E-state index contributed by atoms with van der Waals surface area (Å²) in [6.07, 6.45) is 5.44. The van der Waals surface area contributed by atoms with Gasteiger partial charge in [0.15, 0.2) is 17.5 Å². The Balaban J connectivity index is 0.995. The van der Waals surface area contributed by atoms with Gasteiger partial charge in [-0.2, -0.15) is 10.5 Å². The Labute approximate surface area is 492 Å². The first-order valence-corrected chi connectivity index (χ1v) is 28.6. The Hall–Kier alpha value is -11.5. The molecule has 0 spiro atoms. The van der Waals surface area contributed by atoms with Crippen molar-refractivity contribution in [3.8, 4) is 102 Å². The van der Waals surface area contributed by atoms with E-state index in [2.05, 4.69) is 222 Å². The van der Waals surface area contributed by atoms with Gasteiger partial charge in [-0.25, -0.2) is 15.0 Å². The van der Waals surface area contributed by atoms with Gasteiger partial charge in [-0.15, -0.1) is 0 Å². The molecule has 0 N–H and O–H groups in total. The van der Waals surface area contributed by atoms with Crippen molar-refractivity contribution < 1.29 is 0 Å². The molecule has 0 saturated carbocycles. The highest BCUT2D eigenvalue weighted by Gasteiger charge is 2.33. The van der Waals surface area contributed by atoms with Crippen LogP contribution in [0.4, 0.5) is 0 Å². The number of fused-ring (bicyclic) bond motifs is 6. The van der Waals surface area contributed by atoms with Gasteiger partial charge >= 0.3 is 0 Å². The predicted molar refractivity (Wildman–Crippen MR) is 345 cm³/mol. The Morgan fingerprint density at radius 3 is 1.31 bits per heavy atom. The molecule has 7 heteroatoms. The van der Waals surface area contributed by atoms with Crippen molar-refractivity contribution >= 4 is 38.8 Å². The van der Waals surface area contributed by atoms with Gasteiger partial charge in [0.2, 0.25) is 0 Å². The minimum absolute atomic E-state index is 0.271. The smallest absolute Gasteiger partial charge is 0.166 e. The lowest BCUT2D eigenvalue weighted by atomic mass is 9.74. The quantitative estimate of drug-likeness (QED) is 0.136. The molecule has 1 aliphatic rings. The van der Waals surface area contributed by atoms with Crippen LogP contribution in [0, 0.1) is 22.7 Å². The summed E-state index contributed by atoms with van der Waals surface area (Å²) in [5.74, 6) is 1.35. The van der Waals surface area contributed by atoms with Crippen molar-refractivity contribution in [3.63, 3.8) is 0 Å².